The van der Waals surface area contributed by atoms with Crippen molar-refractivity contribution in [1.82, 2.24) is 23.9 Å². The molecule has 2 saturated heterocycles. The first kappa shape index (κ1) is 22.7. The molecular weight excluding hydrogens is 426 g/mol. The molecule has 0 aromatic carbocycles. The molecule has 9 heteroatoms. The van der Waals surface area contributed by atoms with Crippen LogP contribution >= 0.6 is 0 Å². The van der Waals surface area contributed by atoms with Crippen LogP contribution in [0.3, 0.4) is 0 Å². The van der Waals surface area contributed by atoms with E-state index >= 15 is 0 Å². The fourth-order valence-corrected chi connectivity index (χ4v) is 6.37. The third-order valence-electron chi connectivity index (χ3n) is 6.51. The second-order valence-corrected chi connectivity index (χ2v) is 10.6. The number of carbonyl (C=O) groups excluding carboxylic acids is 1. The molecule has 8 nitrogen and oxygen atoms in total. The van der Waals surface area contributed by atoms with Crippen molar-refractivity contribution in [2.45, 2.75) is 38.1 Å². The standard InChI is InChI=1S/C23H31N5O3S/c1-3-7-20(32(30,31)28-17-23(18-28)11-6-14-26(23)2)8-4-5-12-25-22(29)19-9-10-21-24-13-15-27(21)16-19/h4-5,7,9-10,13,15-16H,3,6,8,11-12,14,17-18H2,1-2H3,(H,25,29)/b5-4+,20-7+. The summed E-state index contributed by atoms with van der Waals surface area (Å²) in [6.07, 6.45) is 13.8. The van der Waals surface area contributed by atoms with Gasteiger partial charge in [-0.15, -0.1) is 0 Å². The van der Waals surface area contributed by atoms with Crippen LogP contribution in [0.2, 0.25) is 0 Å². The topological polar surface area (TPSA) is 87.0 Å². The number of imidazole rings is 1. The number of likely N-dealkylation sites (N-methyl/N-ethyl adjacent to an activating group) is 1. The molecule has 172 valence electrons. The number of carbonyl (C=O) groups is 1. The van der Waals surface area contributed by atoms with Crippen molar-refractivity contribution >= 4 is 21.6 Å². The van der Waals surface area contributed by atoms with Gasteiger partial charge in [-0.05, 0) is 45.0 Å². The van der Waals surface area contributed by atoms with Gasteiger partial charge in [0.1, 0.15) is 5.65 Å². The molecule has 32 heavy (non-hydrogen) atoms. The smallest absolute Gasteiger partial charge is 0.253 e. The van der Waals surface area contributed by atoms with E-state index in [1.807, 2.05) is 13.0 Å². The van der Waals surface area contributed by atoms with Crippen molar-refractivity contribution in [1.29, 1.82) is 0 Å². The lowest BCUT2D eigenvalue weighted by Gasteiger charge is -2.51. The number of hydrogen-bond acceptors (Lipinski definition) is 5. The van der Waals surface area contributed by atoms with Crippen LogP contribution < -0.4 is 5.32 Å². The van der Waals surface area contributed by atoms with E-state index in [0.29, 0.717) is 42.9 Å². The maximum Gasteiger partial charge on any atom is 0.253 e. The number of nitrogens with zero attached hydrogens (tertiary/aromatic N) is 4. The summed E-state index contributed by atoms with van der Waals surface area (Å²) in [5, 5.41) is 2.84. The van der Waals surface area contributed by atoms with Gasteiger partial charge < -0.3 is 9.72 Å². The Morgan fingerprint density at radius 2 is 2.09 bits per heavy atom. The highest BCUT2D eigenvalue weighted by molar-refractivity contribution is 7.93. The summed E-state index contributed by atoms with van der Waals surface area (Å²) < 4.78 is 29.6. The Balaban J connectivity index is 1.30. The number of likely N-dealkylation sites (tertiary alicyclic amines) is 1. The Bertz CT molecular complexity index is 1150. The summed E-state index contributed by atoms with van der Waals surface area (Å²) in [6, 6.07) is 3.53. The molecule has 1 N–H and O–H groups in total. The van der Waals surface area contributed by atoms with Crippen molar-refractivity contribution in [3.05, 3.63) is 59.4 Å². The van der Waals surface area contributed by atoms with Crippen molar-refractivity contribution in [3.8, 4) is 0 Å². The van der Waals surface area contributed by atoms with E-state index in [0.717, 1.165) is 25.0 Å². The maximum absolute atomic E-state index is 13.1. The van der Waals surface area contributed by atoms with Gasteiger partial charge in [0.25, 0.3) is 5.91 Å². The van der Waals surface area contributed by atoms with Crippen LogP contribution in [0.4, 0.5) is 0 Å². The van der Waals surface area contributed by atoms with Crippen molar-refractivity contribution in [3.63, 3.8) is 0 Å². The fourth-order valence-electron chi connectivity index (χ4n) is 4.53. The van der Waals surface area contributed by atoms with Crippen LogP contribution in [0.25, 0.3) is 5.65 Å². The van der Waals surface area contributed by atoms with E-state index < -0.39 is 10.0 Å². The Morgan fingerprint density at radius 1 is 1.28 bits per heavy atom. The number of sulfonamides is 1. The third-order valence-corrected chi connectivity index (χ3v) is 8.44. The van der Waals surface area contributed by atoms with E-state index in [1.165, 1.54) is 0 Å². The molecule has 2 aliphatic rings. The van der Waals surface area contributed by atoms with Gasteiger partial charge in [-0.25, -0.2) is 13.4 Å². The van der Waals surface area contributed by atoms with Crippen LogP contribution in [0.15, 0.2) is 53.9 Å². The number of amides is 1. The second kappa shape index (κ2) is 9.17. The third kappa shape index (κ3) is 4.37. The second-order valence-electron chi connectivity index (χ2n) is 8.60. The van der Waals surface area contributed by atoms with Crippen LogP contribution in [0.1, 0.15) is 43.0 Å². The highest BCUT2D eigenvalue weighted by atomic mass is 32.2. The van der Waals surface area contributed by atoms with Gasteiger partial charge in [0.05, 0.1) is 10.5 Å². The van der Waals surface area contributed by atoms with Gasteiger partial charge in [0.15, 0.2) is 0 Å². The van der Waals surface area contributed by atoms with E-state index in [2.05, 4.69) is 22.2 Å². The molecule has 2 fully saturated rings. The minimum absolute atomic E-state index is 0.0320. The highest BCUT2D eigenvalue weighted by Gasteiger charge is 2.52. The van der Waals surface area contributed by atoms with Crippen molar-refractivity contribution in [2.24, 2.45) is 0 Å². The zero-order valence-corrected chi connectivity index (χ0v) is 19.5. The molecule has 0 unspecified atom stereocenters. The van der Waals surface area contributed by atoms with E-state index in [9.17, 15) is 13.2 Å². The number of hydrogen-bond donors (Lipinski definition) is 1. The number of nitrogens with one attached hydrogen (secondary N) is 1. The average molecular weight is 458 g/mol. The predicted octanol–water partition coefficient (Wildman–Crippen LogP) is 2.41. The van der Waals surface area contributed by atoms with E-state index in [1.54, 1.807) is 51.6 Å². The molecular formula is C23H31N5O3S. The van der Waals surface area contributed by atoms with Crippen LogP contribution in [-0.4, -0.2) is 71.7 Å². The molecule has 0 saturated carbocycles. The molecule has 1 spiro atoms. The quantitative estimate of drug-likeness (QED) is 0.615. The minimum atomic E-state index is -3.45. The summed E-state index contributed by atoms with van der Waals surface area (Å²) in [6.45, 7) is 4.47. The zero-order chi connectivity index (χ0) is 22.8. The molecule has 0 bridgehead atoms. The van der Waals surface area contributed by atoms with Gasteiger partial charge in [-0.2, -0.15) is 4.31 Å². The number of allylic oxidation sites excluding steroid dienone is 3. The summed E-state index contributed by atoms with van der Waals surface area (Å²) >= 11 is 0. The van der Waals surface area contributed by atoms with Gasteiger partial charge in [0, 0.05) is 50.2 Å². The predicted molar refractivity (Wildman–Crippen MR) is 125 cm³/mol. The highest BCUT2D eigenvalue weighted by Crippen LogP contribution is 2.39. The molecule has 2 aromatic rings. The van der Waals surface area contributed by atoms with Gasteiger partial charge in [-0.1, -0.05) is 25.2 Å². The van der Waals surface area contributed by atoms with E-state index in [4.69, 9.17) is 0 Å². The normalized spacial score (nSPS) is 19.8. The minimum Gasteiger partial charge on any atom is -0.349 e. The largest absolute Gasteiger partial charge is 0.349 e. The molecule has 0 aliphatic carbocycles. The molecule has 4 heterocycles. The summed E-state index contributed by atoms with van der Waals surface area (Å²) in [5.74, 6) is -0.186. The molecule has 0 atom stereocenters. The summed E-state index contributed by atoms with van der Waals surface area (Å²) in [5.41, 5.74) is 1.36. The van der Waals surface area contributed by atoms with Crippen LogP contribution in [0.5, 0.6) is 0 Å². The van der Waals surface area contributed by atoms with Gasteiger partial charge in [0.2, 0.25) is 10.0 Å². The number of rotatable bonds is 8. The first-order valence-electron chi connectivity index (χ1n) is 11.1. The summed E-state index contributed by atoms with van der Waals surface area (Å²) in [4.78, 5) is 19.3. The monoisotopic (exact) mass is 457 g/mol. The molecule has 0 radical (unpaired) electrons. The lowest BCUT2D eigenvalue weighted by molar-refractivity contribution is 0.0385. The number of fused-ring (bicyclic) bond motifs is 1. The Labute approximate surface area is 189 Å². The van der Waals surface area contributed by atoms with Gasteiger partial charge >= 0.3 is 0 Å². The lowest BCUT2D eigenvalue weighted by Crippen LogP contribution is -2.68. The Hall–Kier alpha value is -2.49. The molecule has 2 aliphatic heterocycles. The molecule has 2 aromatic heterocycles. The first-order valence-corrected chi connectivity index (χ1v) is 12.6. The SMILES string of the molecule is CC/C=C(\C/C=C/CNC(=O)c1ccc2nccn2c1)S(=O)(=O)N1CC2(CCCN2C)C1. The maximum atomic E-state index is 13.1. The average Bonchev–Trinajstić information content (AvgIpc) is 3.37. The van der Waals surface area contributed by atoms with Crippen molar-refractivity contribution in [2.75, 3.05) is 33.2 Å². The van der Waals surface area contributed by atoms with Crippen molar-refractivity contribution < 1.29 is 13.2 Å². The number of pyridine rings is 1. The Morgan fingerprint density at radius 3 is 2.81 bits per heavy atom. The van der Waals surface area contributed by atoms with Crippen LogP contribution in [0, 0.1) is 0 Å². The molecule has 1 amide bonds. The van der Waals surface area contributed by atoms with Crippen LogP contribution in [-0.2, 0) is 10.0 Å². The number of aromatic nitrogens is 2. The summed E-state index contributed by atoms with van der Waals surface area (Å²) in [7, 11) is -1.37. The lowest BCUT2D eigenvalue weighted by atomic mass is 9.90. The zero-order valence-electron chi connectivity index (χ0n) is 18.7. The van der Waals surface area contributed by atoms with E-state index in [-0.39, 0.29) is 11.4 Å². The molecule has 4 rings (SSSR count). The first-order chi connectivity index (χ1) is 15.4. The van der Waals surface area contributed by atoms with Gasteiger partial charge in [-0.3, -0.25) is 9.69 Å². The Kier molecular flexibility index (Phi) is 6.50. The fraction of sp³-hybridized carbons (Fsp3) is 0.478.